The molecular weight excluding hydrogens is 298 g/mol. The Morgan fingerprint density at radius 3 is 2.95 bits per heavy atom. The first kappa shape index (κ1) is 14.6. The van der Waals surface area contributed by atoms with Gasteiger partial charge in [0.15, 0.2) is 5.82 Å². The van der Waals surface area contributed by atoms with Crippen molar-refractivity contribution in [3.05, 3.63) is 30.1 Å². The summed E-state index contributed by atoms with van der Waals surface area (Å²) in [7, 11) is 0. The predicted octanol–water partition coefficient (Wildman–Crippen LogP) is 3.15. The molecule has 0 atom stereocenters. The number of hydrogen-bond acceptors (Lipinski definition) is 5. The Bertz CT molecular complexity index is 807. The minimum absolute atomic E-state index is 0.0334. The van der Waals surface area contributed by atoms with Gasteiger partial charge in [-0.05, 0) is 18.6 Å². The van der Waals surface area contributed by atoms with Gasteiger partial charge >= 0.3 is 0 Å². The normalized spacial score (nSPS) is 11.0. The molecule has 2 aromatic heterocycles. The summed E-state index contributed by atoms with van der Waals surface area (Å²) >= 11 is 1.49. The van der Waals surface area contributed by atoms with Crippen LogP contribution in [0.5, 0.6) is 0 Å². The molecule has 3 aromatic rings. The summed E-state index contributed by atoms with van der Waals surface area (Å²) in [6.45, 7) is 4.01. The standard InChI is InChI=1S/C15H17N5OS/c1-3-6-13(21)16-11-8-5-7-10(9-11)14-19-20-12(4-2)17-18-15(20)22-14/h5,7-9H,3-4,6H2,1-2H3,(H,16,21). The van der Waals surface area contributed by atoms with Crippen LogP contribution in [0.2, 0.25) is 0 Å². The highest BCUT2D eigenvalue weighted by molar-refractivity contribution is 7.19. The maximum Gasteiger partial charge on any atom is 0.234 e. The van der Waals surface area contributed by atoms with Crippen LogP contribution in [0.15, 0.2) is 24.3 Å². The van der Waals surface area contributed by atoms with Gasteiger partial charge in [0, 0.05) is 24.1 Å². The lowest BCUT2D eigenvalue weighted by molar-refractivity contribution is -0.116. The number of aromatic nitrogens is 4. The van der Waals surface area contributed by atoms with Crippen LogP contribution in [0.1, 0.15) is 32.5 Å². The third-order valence-corrected chi connectivity index (χ3v) is 4.19. The van der Waals surface area contributed by atoms with E-state index in [4.69, 9.17) is 0 Å². The SMILES string of the molecule is CCCC(=O)Nc1cccc(-c2nn3c(CC)nnc3s2)c1. The zero-order valence-electron chi connectivity index (χ0n) is 12.5. The molecule has 0 aliphatic heterocycles. The van der Waals surface area contributed by atoms with Gasteiger partial charge in [-0.1, -0.05) is 37.3 Å². The number of rotatable bonds is 5. The number of anilines is 1. The number of amides is 1. The van der Waals surface area contributed by atoms with Gasteiger partial charge in [0.2, 0.25) is 10.9 Å². The van der Waals surface area contributed by atoms with Crippen molar-refractivity contribution in [3.8, 4) is 10.6 Å². The largest absolute Gasteiger partial charge is 0.326 e. The number of aryl methyl sites for hydroxylation is 1. The molecule has 2 heterocycles. The van der Waals surface area contributed by atoms with Crippen LogP contribution in [0, 0.1) is 0 Å². The zero-order valence-corrected chi connectivity index (χ0v) is 13.4. The van der Waals surface area contributed by atoms with Crippen LogP contribution in [0.4, 0.5) is 5.69 Å². The molecule has 22 heavy (non-hydrogen) atoms. The van der Waals surface area contributed by atoms with Crippen molar-refractivity contribution in [2.24, 2.45) is 0 Å². The molecule has 0 unspecified atom stereocenters. The van der Waals surface area contributed by atoms with E-state index in [2.05, 4.69) is 20.6 Å². The van der Waals surface area contributed by atoms with Crippen molar-refractivity contribution in [2.75, 3.05) is 5.32 Å². The van der Waals surface area contributed by atoms with Crippen LogP contribution < -0.4 is 5.32 Å². The monoisotopic (exact) mass is 315 g/mol. The fourth-order valence-corrected chi connectivity index (χ4v) is 3.03. The first-order valence-corrected chi connectivity index (χ1v) is 8.14. The molecule has 114 valence electrons. The van der Waals surface area contributed by atoms with Crippen LogP contribution in [-0.2, 0) is 11.2 Å². The third-order valence-electron chi connectivity index (χ3n) is 3.24. The summed E-state index contributed by atoms with van der Waals surface area (Å²) in [5, 5.41) is 16.6. The van der Waals surface area contributed by atoms with Crippen LogP contribution in [0.25, 0.3) is 15.5 Å². The van der Waals surface area contributed by atoms with E-state index in [1.54, 1.807) is 4.52 Å². The van der Waals surface area contributed by atoms with Crippen molar-refractivity contribution >= 4 is 27.9 Å². The van der Waals surface area contributed by atoms with Gasteiger partial charge in [-0.2, -0.15) is 9.61 Å². The molecule has 0 spiro atoms. The van der Waals surface area contributed by atoms with Crippen LogP contribution >= 0.6 is 11.3 Å². The van der Waals surface area contributed by atoms with Crippen LogP contribution in [0.3, 0.4) is 0 Å². The Kier molecular flexibility index (Phi) is 4.15. The molecule has 0 radical (unpaired) electrons. The van der Waals surface area contributed by atoms with Crippen molar-refractivity contribution in [1.82, 2.24) is 19.8 Å². The molecule has 1 aromatic carbocycles. The van der Waals surface area contributed by atoms with E-state index >= 15 is 0 Å². The number of fused-ring (bicyclic) bond motifs is 1. The maximum absolute atomic E-state index is 11.7. The number of carbonyl (C=O) groups is 1. The van der Waals surface area contributed by atoms with E-state index in [9.17, 15) is 4.79 Å². The first-order chi connectivity index (χ1) is 10.7. The number of nitrogens with zero attached hydrogens (tertiary/aromatic N) is 4. The summed E-state index contributed by atoms with van der Waals surface area (Å²) in [6, 6.07) is 7.71. The number of nitrogens with one attached hydrogen (secondary N) is 1. The van der Waals surface area contributed by atoms with E-state index in [0.29, 0.717) is 6.42 Å². The van der Waals surface area contributed by atoms with Gasteiger partial charge in [-0.3, -0.25) is 4.79 Å². The minimum atomic E-state index is 0.0334. The van der Waals surface area contributed by atoms with Crippen molar-refractivity contribution in [3.63, 3.8) is 0 Å². The number of benzene rings is 1. The lowest BCUT2D eigenvalue weighted by atomic mass is 10.2. The van der Waals surface area contributed by atoms with Crippen molar-refractivity contribution < 1.29 is 4.79 Å². The second-order valence-corrected chi connectivity index (χ2v) is 5.91. The minimum Gasteiger partial charge on any atom is -0.326 e. The maximum atomic E-state index is 11.7. The Morgan fingerprint density at radius 1 is 1.32 bits per heavy atom. The van der Waals surface area contributed by atoms with E-state index in [1.807, 2.05) is 38.1 Å². The van der Waals surface area contributed by atoms with Crippen LogP contribution in [-0.4, -0.2) is 25.7 Å². The summed E-state index contributed by atoms with van der Waals surface area (Å²) in [5.41, 5.74) is 1.75. The molecule has 0 bridgehead atoms. The van der Waals surface area contributed by atoms with Gasteiger partial charge in [0.1, 0.15) is 5.01 Å². The third kappa shape index (κ3) is 2.85. The highest BCUT2D eigenvalue weighted by Crippen LogP contribution is 2.27. The second-order valence-electron chi connectivity index (χ2n) is 4.95. The molecule has 0 saturated carbocycles. The summed E-state index contributed by atoms with van der Waals surface area (Å²) in [6.07, 6.45) is 2.15. The van der Waals surface area contributed by atoms with E-state index in [1.165, 1.54) is 11.3 Å². The molecule has 0 aliphatic rings. The summed E-state index contributed by atoms with van der Waals surface area (Å²) in [5.74, 6) is 0.885. The Hall–Kier alpha value is -2.28. The Balaban J connectivity index is 1.89. The fourth-order valence-electron chi connectivity index (χ4n) is 2.18. The Labute approximate surface area is 132 Å². The number of carbonyl (C=O) groups excluding carboxylic acids is 1. The molecule has 1 N–H and O–H groups in total. The molecule has 6 nitrogen and oxygen atoms in total. The molecule has 0 aliphatic carbocycles. The van der Waals surface area contributed by atoms with Crippen molar-refractivity contribution in [2.45, 2.75) is 33.1 Å². The lowest BCUT2D eigenvalue weighted by Crippen LogP contribution is -2.10. The Morgan fingerprint density at radius 2 is 2.18 bits per heavy atom. The highest BCUT2D eigenvalue weighted by Gasteiger charge is 2.12. The van der Waals surface area contributed by atoms with Gasteiger partial charge in [0.05, 0.1) is 0 Å². The van der Waals surface area contributed by atoms with Gasteiger partial charge < -0.3 is 5.32 Å². The molecular formula is C15H17N5OS. The average molecular weight is 315 g/mol. The van der Waals surface area contributed by atoms with E-state index < -0.39 is 0 Å². The zero-order chi connectivity index (χ0) is 15.5. The van der Waals surface area contributed by atoms with Crippen molar-refractivity contribution in [1.29, 1.82) is 0 Å². The van der Waals surface area contributed by atoms with Gasteiger partial charge in [0.25, 0.3) is 0 Å². The second kappa shape index (κ2) is 6.23. The average Bonchev–Trinajstić information content (AvgIpc) is 3.07. The number of hydrogen-bond donors (Lipinski definition) is 1. The summed E-state index contributed by atoms with van der Waals surface area (Å²) in [4.78, 5) is 12.5. The molecule has 0 fully saturated rings. The van der Waals surface area contributed by atoms with Gasteiger partial charge in [-0.25, -0.2) is 0 Å². The van der Waals surface area contributed by atoms with Gasteiger partial charge in [-0.15, -0.1) is 10.2 Å². The lowest BCUT2D eigenvalue weighted by Gasteiger charge is -2.05. The molecule has 0 saturated heterocycles. The molecule has 7 heteroatoms. The van der Waals surface area contributed by atoms with E-state index in [-0.39, 0.29) is 5.91 Å². The summed E-state index contributed by atoms with van der Waals surface area (Å²) < 4.78 is 1.78. The quantitative estimate of drug-likeness (QED) is 0.785. The van der Waals surface area contributed by atoms with E-state index in [0.717, 1.165) is 39.9 Å². The highest BCUT2D eigenvalue weighted by atomic mass is 32.1. The smallest absolute Gasteiger partial charge is 0.234 e. The molecule has 1 amide bonds. The first-order valence-electron chi connectivity index (χ1n) is 7.32. The molecule has 3 rings (SSSR count). The fraction of sp³-hybridized carbons (Fsp3) is 0.333. The topological polar surface area (TPSA) is 72.2 Å². The predicted molar refractivity (Wildman–Crippen MR) is 87.0 cm³/mol.